The molecule has 0 amide bonds. The Labute approximate surface area is 82.0 Å². The number of methoxy groups -OCH3 is 1. The second kappa shape index (κ2) is 4.41. The highest BCUT2D eigenvalue weighted by molar-refractivity contribution is 5.55. The van der Waals surface area contributed by atoms with E-state index < -0.39 is 0 Å². The standard InChI is InChI=1S/C10H11NO3/c1-8-3-4-9(5-6-14-2)7-10(8)11(12)13/h3-7H,1-2H3/b6-5+. The Morgan fingerprint density at radius 3 is 2.79 bits per heavy atom. The van der Waals surface area contributed by atoms with E-state index >= 15 is 0 Å². The second-order valence-electron chi connectivity index (χ2n) is 2.84. The van der Waals surface area contributed by atoms with Crippen LogP contribution in [-0.2, 0) is 4.74 Å². The lowest BCUT2D eigenvalue weighted by molar-refractivity contribution is -0.385. The molecule has 0 aliphatic heterocycles. The number of rotatable bonds is 3. The molecule has 0 spiro atoms. The Bertz CT molecular complexity index is 372. The summed E-state index contributed by atoms with van der Waals surface area (Å²) in [5, 5.41) is 10.6. The zero-order valence-electron chi connectivity index (χ0n) is 8.06. The van der Waals surface area contributed by atoms with Crippen molar-refractivity contribution in [1.29, 1.82) is 0 Å². The van der Waals surface area contributed by atoms with E-state index in [4.69, 9.17) is 4.74 Å². The average molecular weight is 193 g/mol. The van der Waals surface area contributed by atoms with Gasteiger partial charge in [-0.05, 0) is 18.6 Å². The number of nitro groups is 1. The summed E-state index contributed by atoms with van der Waals surface area (Å²) in [6, 6.07) is 5.04. The lowest BCUT2D eigenvalue weighted by atomic mass is 10.1. The first-order valence-electron chi connectivity index (χ1n) is 4.09. The van der Waals surface area contributed by atoms with Crippen LogP contribution in [0.4, 0.5) is 5.69 Å². The highest BCUT2D eigenvalue weighted by atomic mass is 16.6. The van der Waals surface area contributed by atoms with Crippen LogP contribution in [0.1, 0.15) is 11.1 Å². The van der Waals surface area contributed by atoms with E-state index in [9.17, 15) is 10.1 Å². The molecule has 0 atom stereocenters. The molecule has 0 aliphatic carbocycles. The van der Waals surface area contributed by atoms with E-state index in [1.54, 1.807) is 25.1 Å². The largest absolute Gasteiger partial charge is 0.504 e. The number of aryl methyl sites for hydroxylation is 1. The molecule has 4 nitrogen and oxygen atoms in total. The number of benzene rings is 1. The van der Waals surface area contributed by atoms with Gasteiger partial charge in [0.05, 0.1) is 18.3 Å². The van der Waals surface area contributed by atoms with Gasteiger partial charge in [0.1, 0.15) is 0 Å². The van der Waals surface area contributed by atoms with E-state index in [1.807, 2.05) is 0 Å². The van der Waals surface area contributed by atoms with Crippen LogP contribution in [0, 0.1) is 17.0 Å². The smallest absolute Gasteiger partial charge is 0.272 e. The van der Waals surface area contributed by atoms with E-state index in [0.717, 1.165) is 5.56 Å². The van der Waals surface area contributed by atoms with E-state index in [2.05, 4.69) is 0 Å². The maximum atomic E-state index is 10.6. The summed E-state index contributed by atoms with van der Waals surface area (Å²) in [6.07, 6.45) is 3.15. The minimum absolute atomic E-state index is 0.128. The normalized spacial score (nSPS) is 10.4. The lowest BCUT2D eigenvalue weighted by Crippen LogP contribution is -1.91. The minimum atomic E-state index is -0.389. The van der Waals surface area contributed by atoms with Crippen molar-refractivity contribution in [3.05, 3.63) is 45.7 Å². The predicted molar refractivity (Wildman–Crippen MR) is 53.9 cm³/mol. The van der Waals surface area contributed by atoms with E-state index in [-0.39, 0.29) is 10.6 Å². The highest BCUT2D eigenvalue weighted by Crippen LogP contribution is 2.19. The fraction of sp³-hybridized carbons (Fsp3) is 0.200. The molecule has 0 heterocycles. The highest BCUT2D eigenvalue weighted by Gasteiger charge is 2.09. The molecule has 0 fully saturated rings. The molecular formula is C10H11NO3. The van der Waals surface area contributed by atoms with Gasteiger partial charge in [0.25, 0.3) is 5.69 Å². The van der Waals surface area contributed by atoms with Crippen LogP contribution < -0.4 is 0 Å². The van der Waals surface area contributed by atoms with Crippen molar-refractivity contribution >= 4 is 11.8 Å². The molecule has 0 unspecified atom stereocenters. The fourth-order valence-electron chi connectivity index (χ4n) is 1.07. The molecule has 0 N–H and O–H groups in total. The summed E-state index contributed by atoms with van der Waals surface area (Å²) in [5.74, 6) is 0. The number of ether oxygens (including phenoxy) is 1. The van der Waals surface area contributed by atoms with Crippen LogP contribution in [0.2, 0.25) is 0 Å². The zero-order valence-corrected chi connectivity index (χ0v) is 8.06. The first kappa shape index (κ1) is 10.2. The Hall–Kier alpha value is -1.84. The quantitative estimate of drug-likeness (QED) is 0.421. The molecule has 1 aromatic rings. The van der Waals surface area contributed by atoms with Gasteiger partial charge >= 0.3 is 0 Å². The molecule has 0 radical (unpaired) electrons. The summed E-state index contributed by atoms with van der Waals surface area (Å²) in [7, 11) is 1.53. The van der Waals surface area contributed by atoms with Crippen LogP contribution in [0.25, 0.3) is 6.08 Å². The second-order valence-corrected chi connectivity index (χ2v) is 2.84. The van der Waals surface area contributed by atoms with Gasteiger partial charge < -0.3 is 4.74 Å². The van der Waals surface area contributed by atoms with Crippen molar-refractivity contribution in [3.63, 3.8) is 0 Å². The van der Waals surface area contributed by atoms with Crippen molar-refractivity contribution in [2.75, 3.05) is 7.11 Å². The van der Waals surface area contributed by atoms with Crippen molar-refractivity contribution in [2.45, 2.75) is 6.92 Å². The van der Waals surface area contributed by atoms with Crippen LogP contribution in [0.15, 0.2) is 24.5 Å². The number of hydrogen-bond donors (Lipinski definition) is 0. The molecule has 14 heavy (non-hydrogen) atoms. The van der Waals surface area contributed by atoms with Gasteiger partial charge in [-0.3, -0.25) is 10.1 Å². The monoisotopic (exact) mass is 193 g/mol. The summed E-state index contributed by atoms with van der Waals surface area (Å²) < 4.78 is 4.73. The van der Waals surface area contributed by atoms with Crippen LogP contribution in [0.5, 0.6) is 0 Å². The third-order valence-electron chi connectivity index (χ3n) is 1.83. The molecule has 1 rings (SSSR count). The molecule has 4 heteroatoms. The molecule has 74 valence electrons. The first-order valence-corrected chi connectivity index (χ1v) is 4.09. The first-order chi connectivity index (χ1) is 6.65. The number of hydrogen-bond acceptors (Lipinski definition) is 3. The van der Waals surface area contributed by atoms with Crippen molar-refractivity contribution in [3.8, 4) is 0 Å². The Balaban J connectivity index is 3.06. The SMILES string of the molecule is CO/C=C/c1ccc(C)c([N+](=O)[O-])c1. The number of nitrogens with zero attached hydrogens (tertiary/aromatic N) is 1. The maximum Gasteiger partial charge on any atom is 0.272 e. The lowest BCUT2D eigenvalue weighted by Gasteiger charge is -1.98. The van der Waals surface area contributed by atoms with Crippen molar-refractivity contribution < 1.29 is 9.66 Å². The maximum absolute atomic E-state index is 10.6. The average Bonchev–Trinajstić information content (AvgIpc) is 2.16. The van der Waals surface area contributed by atoms with E-state index in [0.29, 0.717) is 5.56 Å². The molecule has 0 saturated carbocycles. The van der Waals surface area contributed by atoms with Crippen molar-refractivity contribution in [2.24, 2.45) is 0 Å². The predicted octanol–water partition coefficient (Wildman–Crippen LogP) is 2.52. The van der Waals surface area contributed by atoms with Gasteiger partial charge in [-0.25, -0.2) is 0 Å². The Morgan fingerprint density at radius 2 is 2.21 bits per heavy atom. The van der Waals surface area contributed by atoms with Crippen LogP contribution >= 0.6 is 0 Å². The van der Waals surface area contributed by atoms with Crippen molar-refractivity contribution in [1.82, 2.24) is 0 Å². The van der Waals surface area contributed by atoms with Gasteiger partial charge in [-0.15, -0.1) is 0 Å². The molecule has 0 aliphatic rings. The fourth-order valence-corrected chi connectivity index (χ4v) is 1.07. The molecule has 0 saturated heterocycles. The zero-order chi connectivity index (χ0) is 10.6. The summed E-state index contributed by atoms with van der Waals surface area (Å²) >= 11 is 0. The minimum Gasteiger partial charge on any atom is -0.504 e. The van der Waals surface area contributed by atoms with Gasteiger partial charge in [0.15, 0.2) is 0 Å². The molecule has 0 bridgehead atoms. The van der Waals surface area contributed by atoms with Crippen LogP contribution in [-0.4, -0.2) is 12.0 Å². The molecule has 0 aromatic heterocycles. The summed E-state index contributed by atoms with van der Waals surface area (Å²) in [4.78, 5) is 10.2. The number of nitro benzene ring substituents is 1. The van der Waals surface area contributed by atoms with Gasteiger partial charge in [-0.2, -0.15) is 0 Å². The van der Waals surface area contributed by atoms with Gasteiger partial charge in [-0.1, -0.05) is 12.1 Å². The van der Waals surface area contributed by atoms with Gasteiger partial charge in [0, 0.05) is 11.6 Å². The molecule has 1 aromatic carbocycles. The third-order valence-corrected chi connectivity index (χ3v) is 1.83. The topological polar surface area (TPSA) is 52.4 Å². The van der Waals surface area contributed by atoms with Crippen LogP contribution in [0.3, 0.4) is 0 Å². The van der Waals surface area contributed by atoms with Gasteiger partial charge in [0.2, 0.25) is 0 Å². The van der Waals surface area contributed by atoms with E-state index in [1.165, 1.54) is 19.4 Å². The Morgan fingerprint density at radius 1 is 1.50 bits per heavy atom. The third kappa shape index (κ3) is 2.32. The summed E-state index contributed by atoms with van der Waals surface area (Å²) in [6.45, 7) is 1.71. The summed E-state index contributed by atoms with van der Waals surface area (Å²) in [5.41, 5.74) is 1.54. The Kier molecular flexibility index (Phi) is 3.23. The molecular weight excluding hydrogens is 182 g/mol.